The Bertz CT molecular complexity index is 2380. The van der Waals surface area contributed by atoms with Gasteiger partial charge in [-0.2, -0.15) is 21.9 Å². The summed E-state index contributed by atoms with van der Waals surface area (Å²) in [7, 11) is 0. The van der Waals surface area contributed by atoms with Crippen LogP contribution in [0.1, 0.15) is 44.6 Å². The number of esters is 1. The lowest BCUT2D eigenvalue weighted by atomic mass is 9.13. The minimum Gasteiger partial charge on any atom is -0.427 e. The van der Waals surface area contributed by atoms with Gasteiger partial charge in [0.15, 0.2) is 5.43 Å². The van der Waals surface area contributed by atoms with Crippen LogP contribution in [-0.2, 0) is 11.3 Å². The van der Waals surface area contributed by atoms with Gasteiger partial charge >= 0.3 is 5.97 Å². The fraction of sp³-hybridized carbons (Fsp3) is 0.204. The standard InChI is InChI=1S/C25H27N2O3S.C24H20B/c1-17(28)30-19-14-18(16-27-13-7-12-26-11-6-2-3-10-23(26)27)25-21(15-19)24(29)20-8-4-5-9-22(20)31-25;1-5-13-21(14-6-1)25(22-15-7-2-8-16-22,23-17-9-3-10-18-23)24-19-11-4-12-20-24/h4-5,8-9,14-15H,2-3,6-7,10-13,16H2,1H3;1-20H/q+1;-1. The number of hydrogen-bond donors (Lipinski definition) is 0. The third-order valence-electron chi connectivity index (χ3n) is 11.5. The lowest BCUT2D eigenvalue weighted by molar-refractivity contribution is -0.555. The van der Waals surface area contributed by atoms with Crippen LogP contribution >= 0.6 is 11.3 Å². The second-order valence-electron chi connectivity index (χ2n) is 15.0. The van der Waals surface area contributed by atoms with Crippen LogP contribution in [0, 0.1) is 0 Å². The number of carbonyl (C=O) groups is 1. The first-order chi connectivity index (χ1) is 27.5. The molecule has 0 atom stereocenters. The summed E-state index contributed by atoms with van der Waals surface area (Å²) >= 11 is 1.65. The lowest BCUT2D eigenvalue weighted by Crippen LogP contribution is -2.74. The molecule has 0 spiro atoms. The van der Waals surface area contributed by atoms with E-state index in [1.807, 2.05) is 30.3 Å². The van der Waals surface area contributed by atoms with Crippen molar-refractivity contribution < 1.29 is 14.1 Å². The van der Waals surface area contributed by atoms with Gasteiger partial charge in [0.25, 0.3) is 0 Å². The summed E-state index contributed by atoms with van der Waals surface area (Å²) in [5, 5.41) is 1.35. The van der Waals surface area contributed by atoms with Crippen LogP contribution < -0.4 is 32.0 Å². The van der Waals surface area contributed by atoms with Crippen LogP contribution in [0.3, 0.4) is 0 Å². The normalized spacial score (nSPS) is 14.4. The molecule has 280 valence electrons. The van der Waals surface area contributed by atoms with Gasteiger partial charge in [-0.3, -0.25) is 19.1 Å². The van der Waals surface area contributed by atoms with Gasteiger partial charge in [0, 0.05) is 45.5 Å². The number of carbonyl (C=O) groups excluding carboxylic acids is 1. The Labute approximate surface area is 333 Å². The summed E-state index contributed by atoms with van der Waals surface area (Å²) in [4.78, 5) is 27.5. The van der Waals surface area contributed by atoms with Gasteiger partial charge in [-0.05, 0) is 43.5 Å². The van der Waals surface area contributed by atoms with E-state index in [0.717, 1.165) is 54.0 Å². The zero-order chi connectivity index (χ0) is 38.3. The molecule has 6 aromatic carbocycles. The molecule has 0 radical (unpaired) electrons. The van der Waals surface area contributed by atoms with E-state index in [1.165, 1.54) is 53.9 Å². The van der Waals surface area contributed by atoms with Crippen LogP contribution in [0.4, 0.5) is 0 Å². The number of fused-ring (bicyclic) bond motifs is 3. The molecule has 5 nitrogen and oxygen atoms in total. The van der Waals surface area contributed by atoms with Gasteiger partial charge in [0.05, 0.1) is 19.6 Å². The number of ether oxygens (including phenoxy) is 1. The van der Waals surface area contributed by atoms with Crippen LogP contribution in [0.5, 0.6) is 5.75 Å². The molecule has 1 aromatic heterocycles. The summed E-state index contributed by atoms with van der Waals surface area (Å²) in [6, 6.07) is 54.9. The molecule has 0 saturated carbocycles. The van der Waals surface area contributed by atoms with Crippen molar-refractivity contribution in [1.82, 2.24) is 4.90 Å². The molecule has 3 heterocycles. The van der Waals surface area contributed by atoms with E-state index in [0.29, 0.717) is 16.5 Å². The minimum atomic E-state index is -1.22. The quantitative estimate of drug-likeness (QED) is 0.0554. The molecular formula is C49H47BN2O3S. The second-order valence-corrected chi connectivity index (χ2v) is 16.0. The average Bonchev–Trinajstić information content (AvgIpc) is 3.50. The van der Waals surface area contributed by atoms with E-state index >= 15 is 0 Å². The summed E-state index contributed by atoms with van der Waals surface area (Å²) in [6.45, 7) is 5.42. The summed E-state index contributed by atoms with van der Waals surface area (Å²) in [5.74, 6) is 1.52. The molecule has 1 fully saturated rings. The fourth-order valence-electron chi connectivity index (χ4n) is 9.02. The van der Waals surface area contributed by atoms with E-state index in [1.54, 1.807) is 17.4 Å². The van der Waals surface area contributed by atoms with Gasteiger partial charge in [0.2, 0.25) is 5.84 Å². The first kappa shape index (κ1) is 37.2. The SMILES string of the molecule is CC(=O)Oc1cc(C[N+]2=C3CCCCCN3CCC2)c2sc3ccccc3c(=O)c2c1.c1ccc([B-](c2ccccc2)(c2ccccc2)c2ccccc2)cc1. The highest BCUT2D eigenvalue weighted by atomic mass is 32.1. The molecule has 0 unspecified atom stereocenters. The zero-order valence-corrected chi connectivity index (χ0v) is 32.8. The molecule has 7 aromatic rings. The third kappa shape index (κ3) is 7.56. The summed E-state index contributed by atoms with van der Waals surface area (Å²) in [5.41, 5.74) is 6.41. The number of amidine groups is 1. The molecule has 56 heavy (non-hydrogen) atoms. The fourth-order valence-corrected chi connectivity index (χ4v) is 10.2. The van der Waals surface area contributed by atoms with Crippen molar-refractivity contribution in [3.05, 3.63) is 174 Å². The number of nitrogens with zero attached hydrogens (tertiary/aromatic N) is 2. The van der Waals surface area contributed by atoms with Gasteiger partial charge in [0.1, 0.15) is 18.4 Å². The Hall–Kier alpha value is -5.79. The molecule has 1 saturated heterocycles. The Kier molecular flexibility index (Phi) is 11.2. The Morgan fingerprint density at radius 2 is 1.20 bits per heavy atom. The molecule has 7 heteroatoms. The van der Waals surface area contributed by atoms with E-state index < -0.39 is 6.15 Å². The van der Waals surface area contributed by atoms with Crippen molar-refractivity contribution in [3.63, 3.8) is 0 Å². The summed E-state index contributed by atoms with van der Waals surface area (Å²) in [6.07, 6.45) is 4.81. The van der Waals surface area contributed by atoms with Gasteiger partial charge in [-0.15, -0.1) is 11.3 Å². The minimum absolute atomic E-state index is 0.00184. The smallest absolute Gasteiger partial charge is 0.308 e. The first-order valence-corrected chi connectivity index (χ1v) is 20.7. The van der Waals surface area contributed by atoms with E-state index in [-0.39, 0.29) is 11.4 Å². The maximum Gasteiger partial charge on any atom is 0.308 e. The maximum absolute atomic E-state index is 13.3. The molecular weight excluding hydrogens is 707 g/mol. The lowest BCUT2D eigenvalue weighted by Gasteiger charge is -2.44. The average molecular weight is 755 g/mol. The highest BCUT2D eigenvalue weighted by Gasteiger charge is 2.31. The second kappa shape index (κ2) is 16.9. The van der Waals surface area contributed by atoms with Crippen LogP contribution in [0.15, 0.2) is 163 Å². The van der Waals surface area contributed by atoms with E-state index in [9.17, 15) is 9.59 Å². The highest BCUT2D eigenvalue weighted by molar-refractivity contribution is 7.24. The van der Waals surface area contributed by atoms with Gasteiger partial charge < -0.3 is 4.74 Å². The largest absolute Gasteiger partial charge is 0.427 e. The zero-order valence-electron chi connectivity index (χ0n) is 32.0. The van der Waals surface area contributed by atoms with Crippen molar-refractivity contribution in [2.75, 3.05) is 19.6 Å². The van der Waals surface area contributed by atoms with Crippen molar-refractivity contribution in [2.45, 2.75) is 45.6 Å². The monoisotopic (exact) mass is 754 g/mol. The predicted octanol–water partition coefficient (Wildman–Crippen LogP) is 7.59. The molecule has 0 N–H and O–H groups in total. The Morgan fingerprint density at radius 1 is 0.661 bits per heavy atom. The van der Waals surface area contributed by atoms with Gasteiger partial charge in [-0.25, -0.2) is 0 Å². The van der Waals surface area contributed by atoms with Crippen molar-refractivity contribution in [1.29, 1.82) is 0 Å². The van der Waals surface area contributed by atoms with E-state index in [2.05, 4.69) is 131 Å². The number of benzene rings is 6. The molecule has 0 aliphatic carbocycles. The summed E-state index contributed by atoms with van der Waals surface area (Å²) < 4.78 is 9.90. The Morgan fingerprint density at radius 3 is 1.77 bits per heavy atom. The van der Waals surface area contributed by atoms with Crippen molar-refractivity contribution >= 4 is 71.3 Å². The van der Waals surface area contributed by atoms with Gasteiger partial charge in [-0.1, -0.05) is 133 Å². The number of hydrogen-bond acceptors (Lipinski definition) is 5. The van der Waals surface area contributed by atoms with Crippen LogP contribution in [0.2, 0.25) is 0 Å². The molecule has 0 amide bonds. The van der Waals surface area contributed by atoms with Crippen LogP contribution in [0.25, 0.3) is 20.2 Å². The first-order valence-electron chi connectivity index (χ1n) is 19.9. The highest BCUT2D eigenvalue weighted by Crippen LogP contribution is 2.32. The number of rotatable bonds is 7. The predicted molar refractivity (Wildman–Crippen MR) is 235 cm³/mol. The molecule has 9 rings (SSSR count). The molecule has 2 aliphatic heterocycles. The van der Waals surface area contributed by atoms with Crippen molar-refractivity contribution in [2.24, 2.45) is 0 Å². The topological polar surface area (TPSA) is 49.6 Å². The van der Waals surface area contributed by atoms with Crippen molar-refractivity contribution in [3.8, 4) is 5.75 Å². The Balaban J connectivity index is 0.000000161. The molecule has 2 aliphatic rings. The molecule has 0 bridgehead atoms. The van der Waals surface area contributed by atoms with Crippen LogP contribution in [-0.4, -0.2) is 47.1 Å². The maximum atomic E-state index is 13.3. The van der Waals surface area contributed by atoms with E-state index in [4.69, 9.17) is 4.74 Å². The third-order valence-corrected chi connectivity index (χ3v) is 12.7.